The average Bonchev–Trinajstić information content (AvgIpc) is 2.75. The second-order valence-electron chi connectivity index (χ2n) is 8.10. The zero-order valence-corrected chi connectivity index (χ0v) is 18.0. The molecule has 0 unspecified atom stereocenters. The molecule has 0 aromatic heterocycles. The first kappa shape index (κ1) is 22.0. The van der Waals surface area contributed by atoms with Gasteiger partial charge in [-0.1, -0.05) is 43.2 Å². The minimum absolute atomic E-state index is 0.0254. The summed E-state index contributed by atoms with van der Waals surface area (Å²) in [7, 11) is 0. The normalized spacial score (nSPS) is 15.0. The van der Waals surface area contributed by atoms with Crippen molar-refractivity contribution in [1.29, 1.82) is 0 Å². The molecular weight excluding hydrogens is 376 g/mol. The number of aryl methyl sites for hydroxylation is 1. The van der Waals surface area contributed by atoms with Gasteiger partial charge in [-0.15, -0.1) is 0 Å². The predicted octanol–water partition coefficient (Wildman–Crippen LogP) is 4.80. The molecule has 5 nitrogen and oxygen atoms in total. The molecule has 1 N–H and O–H groups in total. The van der Waals surface area contributed by atoms with Gasteiger partial charge < -0.3 is 10.1 Å². The lowest BCUT2D eigenvalue weighted by Gasteiger charge is -2.31. The van der Waals surface area contributed by atoms with Gasteiger partial charge in [-0.2, -0.15) is 0 Å². The Hall–Kier alpha value is -2.66. The first-order chi connectivity index (χ1) is 14.5. The number of likely N-dealkylation sites (tertiary alicyclic amines) is 1. The second-order valence-corrected chi connectivity index (χ2v) is 8.10. The van der Waals surface area contributed by atoms with Crippen LogP contribution in [0.15, 0.2) is 48.5 Å². The quantitative estimate of drug-likeness (QED) is 0.503. The number of nitrogens with zero attached hydrogens (tertiary/aromatic N) is 1. The van der Waals surface area contributed by atoms with Gasteiger partial charge in [0.25, 0.3) is 0 Å². The van der Waals surface area contributed by atoms with Crippen molar-refractivity contribution in [3.63, 3.8) is 0 Å². The maximum Gasteiger partial charge on any atom is 0.338 e. The fourth-order valence-electron chi connectivity index (χ4n) is 3.75. The highest BCUT2D eigenvalue weighted by molar-refractivity contribution is 5.94. The highest BCUT2D eigenvalue weighted by Crippen LogP contribution is 2.21. The van der Waals surface area contributed by atoms with E-state index in [1.54, 1.807) is 24.3 Å². The van der Waals surface area contributed by atoms with E-state index in [2.05, 4.69) is 48.3 Å². The Morgan fingerprint density at radius 1 is 1.10 bits per heavy atom. The lowest BCUT2D eigenvalue weighted by atomic mass is 9.95. The minimum Gasteiger partial charge on any atom is -0.462 e. The van der Waals surface area contributed by atoms with Crippen LogP contribution in [-0.2, 0) is 16.1 Å². The number of benzene rings is 2. The molecule has 3 rings (SSSR count). The van der Waals surface area contributed by atoms with Gasteiger partial charge in [0.2, 0.25) is 5.91 Å². The number of ether oxygens (including phenoxy) is 1. The zero-order valence-electron chi connectivity index (χ0n) is 18.0. The summed E-state index contributed by atoms with van der Waals surface area (Å²) < 4.78 is 5.21. The van der Waals surface area contributed by atoms with Crippen LogP contribution in [0.2, 0.25) is 0 Å². The molecule has 30 heavy (non-hydrogen) atoms. The third-order valence-corrected chi connectivity index (χ3v) is 5.57. The summed E-state index contributed by atoms with van der Waals surface area (Å²) >= 11 is 0. The Kier molecular flexibility index (Phi) is 8.03. The van der Waals surface area contributed by atoms with Crippen LogP contribution in [0.5, 0.6) is 0 Å². The predicted molar refractivity (Wildman–Crippen MR) is 119 cm³/mol. The van der Waals surface area contributed by atoms with Gasteiger partial charge in [-0.05, 0) is 69.1 Å². The van der Waals surface area contributed by atoms with E-state index in [1.807, 2.05) is 0 Å². The molecule has 1 heterocycles. The Balaban J connectivity index is 1.44. The summed E-state index contributed by atoms with van der Waals surface area (Å²) in [6.07, 6.45) is 3.58. The number of nitrogens with one attached hydrogen (secondary N) is 1. The van der Waals surface area contributed by atoms with Crippen molar-refractivity contribution in [2.24, 2.45) is 5.92 Å². The smallest absolute Gasteiger partial charge is 0.338 e. The van der Waals surface area contributed by atoms with Gasteiger partial charge in [0.1, 0.15) is 0 Å². The van der Waals surface area contributed by atoms with Crippen molar-refractivity contribution >= 4 is 17.6 Å². The van der Waals surface area contributed by atoms with E-state index < -0.39 is 0 Å². The Bertz CT molecular complexity index is 840. The van der Waals surface area contributed by atoms with E-state index in [0.717, 1.165) is 45.3 Å². The van der Waals surface area contributed by atoms with Crippen molar-refractivity contribution in [2.45, 2.75) is 46.1 Å². The zero-order chi connectivity index (χ0) is 21.3. The van der Waals surface area contributed by atoms with Gasteiger partial charge >= 0.3 is 5.97 Å². The van der Waals surface area contributed by atoms with Crippen LogP contribution < -0.4 is 5.32 Å². The number of piperidine rings is 1. The van der Waals surface area contributed by atoms with Crippen LogP contribution in [0.4, 0.5) is 5.69 Å². The maximum atomic E-state index is 12.6. The Morgan fingerprint density at radius 3 is 2.50 bits per heavy atom. The first-order valence-corrected chi connectivity index (χ1v) is 10.9. The number of anilines is 1. The molecule has 0 spiro atoms. The van der Waals surface area contributed by atoms with Crippen molar-refractivity contribution in [1.82, 2.24) is 4.90 Å². The number of hydrogen-bond acceptors (Lipinski definition) is 4. The molecule has 1 aliphatic rings. The van der Waals surface area contributed by atoms with Gasteiger partial charge in [-0.3, -0.25) is 9.69 Å². The molecule has 1 amide bonds. The summed E-state index contributed by atoms with van der Waals surface area (Å²) in [6, 6.07) is 15.5. The van der Waals surface area contributed by atoms with Crippen molar-refractivity contribution in [3.8, 4) is 0 Å². The molecule has 160 valence electrons. The summed E-state index contributed by atoms with van der Waals surface area (Å²) in [5.41, 5.74) is 3.83. The summed E-state index contributed by atoms with van der Waals surface area (Å²) in [6.45, 7) is 7.40. The average molecular weight is 409 g/mol. The molecule has 0 atom stereocenters. The molecule has 1 fully saturated rings. The molecule has 2 aromatic carbocycles. The van der Waals surface area contributed by atoms with E-state index in [0.29, 0.717) is 17.9 Å². The van der Waals surface area contributed by atoms with Gasteiger partial charge in [-0.25, -0.2) is 4.79 Å². The molecule has 5 heteroatoms. The molecule has 0 radical (unpaired) electrons. The summed E-state index contributed by atoms with van der Waals surface area (Å²) in [4.78, 5) is 27.0. The summed E-state index contributed by atoms with van der Waals surface area (Å²) in [5.74, 6) is -0.233. The van der Waals surface area contributed by atoms with Gasteiger partial charge in [0, 0.05) is 18.2 Å². The van der Waals surface area contributed by atoms with E-state index in [1.165, 1.54) is 11.1 Å². The first-order valence-electron chi connectivity index (χ1n) is 10.9. The molecule has 1 saturated heterocycles. The Labute approximate surface area is 179 Å². The second kappa shape index (κ2) is 10.9. The lowest BCUT2D eigenvalue weighted by Crippen LogP contribution is -2.37. The van der Waals surface area contributed by atoms with Crippen LogP contribution >= 0.6 is 0 Å². The largest absolute Gasteiger partial charge is 0.462 e. The van der Waals surface area contributed by atoms with Gasteiger partial charge in [0.05, 0.1) is 12.2 Å². The number of unbranched alkanes of at least 4 members (excludes halogenated alkanes) is 1. The SMILES string of the molecule is CCCCOC(=O)c1ccc(NC(=O)C2CCN(Cc3cccc(C)c3)CC2)cc1. The van der Waals surface area contributed by atoms with Crippen LogP contribution in [0.1, 0.15) is 54.1 Å². The molecule has 0 bridgehead atoms. The van der Waals surface area contributed by atoms with Crippen molar-refractivity contribution in [3.05, 3.63) is 65.2 Å². The van der Waals surface area contributed by atoms with E-state index in [9.17, 15) is 9.59 Å². The van der Waals surface area contributed by atoms with Crippen LogP contribution in [-0.4, -0.2) is 36.5 Å². The van der Waals surface area contributed by atoms with E-state index in [-0.39, 0.29) is 17.8 Å². The molecule has 0 saturated carbocycles. The maximum absolute atomic E-state index is 12.6. The third kappa shape index (κ3) is 6.42. The highest BCUT2D eigenvalue weighted by atomic mass is 16.5. The number of esters is 1. The van der Waals surface area contributed by atoms with Crippen LogP contribution in [0, 0.1) is 12.8 Å². The number of rotatable bonds is 8. The molecule has 0 aliphatic carbocycles. The molecule has 1 aliphatic heterocycles. The van der Waals surface area contributed by atoms with E-state index in [4.69, 9.17) is 4.74 Å². The van der Waals surface area contributed by atoms with Crippen LogP contribution in [0.3, 0.4) is 0 Å². The monoisotopic (exact) mass is 408 g/mol. The number of carbonyl (C=O) groups excluding carboxylic acids is 2. The fourth-order valence-corrected chi connectivity index (χ4v) is 3.75. The Morgan fingerprint density at radius 2 is 1.83 bits per heavy atom. The van der Waals surface area contributed by atoms with Crippen molar-refractivity contribution in [2.75, 3.05) is 25.0 Å². The topological polar surface area (TPSA) is 58.6 Å². The number of amides is 1. The van der Waals surface area contributed by atoms with Gasteiger partial charge in [0.15, 0.2) is 0 Å². The lowest BCUT2D eigenvalue weighted by molar-refractivity contribution is -0.121. The minimum atomic E-state index is -0.317. The number of hydrogen-bond donors (Lipinski definition) is 1. The summed E-state index contributed by atoms with van der Waals surface area (Å²) in [5, 5.41) is 2.99. The van der Waals surface area contributed by atoms with Crippen molar-refractivity contribution < 1.29 is 14.3 Å². The standard InChI is InChI=1S/C25H32N2O3/c1-3-4-16-30-25(29)22-8-10-23(11-9-22)26-24(28)21-12-14-27(15-13-21)18-20-7-5-6-19(2)17-20/h5-11,17,21H,3-4,12-16,18H2,1-2H3,(H,26,28). The fraction of sp³-hybridized carbons (Fsp3) is 0.440. The van der Waals surface area contributed by atoms with E-state index >= 15 is 0 Å². The molecule has 2 aromatic rings. The van der Waals surface area contributed by atoms with Crippen LogP contribution in [0.25, 0.3) is 0 Å². The third-order valence-electron chi connectivity index (χ3n) is 5.57. The molecular formula is C25H32N2O3. The number of carbonyl (C=O) groups is 2. The highest BCUT2D eigenvalue weighted by Gasteiger charge is 2.25.